The molecule has 0 radical (unpaired) electrons. The Morgan fingerprint density at radius 1 is 1.43 bits per heavy atom. The van der Waals surface area contributed by atoms with Crippen molar-refractivity contribution in [1.82, 2.24) is 4.98 Å². The van der Waals surface area contributed by atoms with E-state index in [4.69, 9.17) is 0 Å². The number of hydrogen-bond donors (Lipinski definition) is 1. The van der Waals surface area contributed by atoms with Gasteiger partial charge in [0.25, 0.3) is 5.69 Å². The van der Waals surface area contributed by atoms with Crippen molar-refractivity contribution in [3.63, 3.8) is 0 Å². The number of non-ortho nitro benzene ring substituents is 1. The van der Waals surface area contributed by atoms with Crippen molar-refractivity contribution >= 4 is 28.1 Å². The molecule has 0 fully saturated rings. The second-order valence-electron chi connectivity index (χ2n) is 4.66. The maximum Gasteiger partial charge on any atom is 0.326 e. The normalized spacial score (nSPS) is 12.1. The first-order valence-corrected chi connectivity index (χ1v) is 6.44. The molecule has 0 amide bonds. The van der Waals surface area contributed by atoms with Crippen molar-refractivity contribution in [1.29, 1.82) is 0 Å². The second kappa shape index (κ2) is 5.74. The first kappa shape index (κ1) is 14.7. The highest BCUT2D eigenvalue weighted by Gasteiger charge is 2.24. The second-order valence-corrected chi connectivity index (χ2v) is 4.66. The third-order valence-electron chi connectivity index (χ3n) is 3.49. The van der Waals surface area contributed by atoms with Crippen LogP contribution < -0.4 is 4.90 Å². The van der Waals surface area contributed by atoms with Gasteiger partial charge in [-0.1, -0.05) is 6.92 Å². The number of nitro benzene ring substituents is 1. The Labute approximate surface area is 121 Å². The van der Waals surface area contributed by atoms with E-state index in [9.17, 15) is 20.0 Å². The van der Waals surface area contributed by atoms with Crippen LogP contribution in [-0.2, 0) is 4.79 Å². The Balaban J connectivity index is 2.63. The van der Waals surface area contributed by atoms with Gasteiger partial charge in [0.05, 0.1) is 10.3 Å². The molecule has 7 nitrogen and oxygen atoms in total. The van der Waals surface area contributed by atoms with Gasteiger partial charge in [0.1, 0.15) is 6.04 Å². The van der Waals surface area contributed by atoms with Crippen LogP contribution in [0.2, 0.25) is 0 Å². The van der Waals surface area contributed by atoms with Crippen LogP contribution in [0.5, 0.6) is 0 Å². The van der Waals surface area contributed by atoms with Crippen LogP contribution >= 0.6 is 0 Å². The van der Waals surface area contributed by atoms with E-state index < -0.39 is 16.9 Å². The monoisotopic (exact) mass is 289 g/mol. The Morgan fingerprint density at radius 3 is 2.71 bits per heavy atom. The van der Waals surface area contributed by atoms with Crippen molar-refractivity contribution in [3.8, 4) is 0 Å². The zero-order valence-electron chi connectivity index (χ0n) is 11.7. The lowest BCUT2D eigenvalue weighted by Crippen LogP contribution is -2.38. The van der Waals surface area contributed by atoms with Crippen LogP contribution in [0, 0.1) is 10.1 Å². The highest BCUT2D eigenvalue weighted by Crippen LogP contribution is 2.33. The van der Waals surface area contributed by atoms with Crippen molar-refractivity contribution in [2.24, 2.45) is 0 Å². The first-order valence-electron chi connectivity index (χ1n) is 6.44. The molecule has 0 aliphatic heterocycles. The SMILES string of the molecule is CCC(C(=O)O)N(C)c1ccc([N+](=O)[O-])c2cnccc12. The van der Waals surface area contributed by atoms with E-state index in [0.717, 1.165) is 0 Å². The predicted molar refractivity (Wildman–Crippen MR) is 78.5 cm³/mol. The predicted octanol–water partition coefficient (Wildman–Crippen LogP) is 2.44. The summed E-state index contributed by atoms with van der Waals surface area (Å²) in [7, 11) is 1.67. The van der Waals surface area contributed by atoms with Gasteiger partial charge in [-0.3, -0.25) is 15.1 Å². The minimum absolute atomic E-state index is 0.0429. The average molecular weight is 289 g/mol. The molecule has 0 saturated heterocycles. The van der Waals surface area contributed by atoms with E-state index in [2.05, 4.69) is 4.98 Å². The average Bonchev–Trinajstić information content (AvgIpc) is 2.46. The van der Waals surface area contributed by atoms with E-state index in [1.807, 2.05) is 0 Å². The number of anilines is 1. The third-order valence-corrected chi connectivity index (χ3v) is 3.49. The highest BCUT2D eigenvalue weighted by atomic mass is 16.6. The van der Waals surface area contributed by atoms with E-state index in [0.29, 0.717) is 22.9 Å². The minimum Gasteiger partial charge on any atom is -0.480 e. The number of carbonyl (C=O) groups is 1. The molecule has 1 N–H and O–H groups in total. The number of likely N-dealkylation sites (N-methyl/N-ethyl adjacent to an activating group) is 1. The van der Waals surface area contributed by atoms with Crippen LogP contribution in [0.1, 0.15) is 13.3 Å². The van der Waals surface area contributed by atoms with Gasteiger partial charge in [-0.15, -0.1) is 0 Å². The van der Waals surface area contributed by atoms with Gasteiger partial charge >= 0.3 is 5.97 Å². The van der Waals surface area contributed by atoms with E-state index >= 15 is 0 Å². The Bertz CT molecular complexity index is 702. The summed E-state index contributed by atoms with van der Waals surface area (Å²) in [5.41, 5.74) is 0.589. The van der Waals surface area contributed by atoms with Gasteiger partial charge < -0.3 is 10.0 Å². The number of pyridine rings is 1. The van der Waals surface area contributed by atoms with Gasteiger partial charge in [-0.25, -0.2) is 4.79 Å². The van der Waals surface area contributed by atoms with E-state index in [-0.39, 0.29) is 5.69 Å². The van der Waals surface area contributed by atoms with Gasteiger partial charge in [0, 0.05) is 36.6 Å². The zero-order valence-corrected chi connectivity index (χ0v) is 11.7. The quantitative estimate of drug-likeness (QED) is 0.670. The molecule has 2 rings (SSSR count). The number of carboxylic acids is 1. The number of rotatable bonds is 5. The lowest BCUT2D eigenvalue weighted by atomic mass is 10.1. The van der Waals surface area contributed by atoms with Crippen LogP contribution in [0.25, 0.3) is 10.8 Å². The molecule has 1 aromatic heterocycles. The fraction of sp³-hybridized carbons (Fsp3) is 0.286. The summed E-state index contributed by atoms with van der Waals surface area (Å²) in [6, 6.07) is 3.92. The molecule has 1 atom stereocenters. The van der Waals surface area contributed by atoms with Crippen molar-refractivity contribution in [2.45, 2.75) is 19.4 Å². The number of nitro groups is 1. The van der Waals surface area contributed by atoms with Gasteiger partial charge in [0.2, 0.25) is 0 Å². The maximum absolute atomic E-state index is 11.3. The van der Waals surface area contributed by atoms with Crippen LogP contribution in [0.3, 0.4) is 0 Å². The molecule has 0 bridgehead atoms. The number of hydrogen-bond acceptors (Lipinski definition) is 5. The Kier molecular flexibility index (Phi) is 4.02. The molecule has 110 valence electrons. The summed E-state index contributed by atoms with van der Waals surface area (Å²) < 4.78 is 0. The molecule has 7 heteroatoms. The largest absolute Gasteiger partial charge is 0.480 e. The summed E-state index contributed by atoms with van der Waals surface area (Å²) in [5, 5.41) is 21.3. The molecule has 21 heavy (non-hydrogen) atoms. The smallest absolute Gasteiger partial charge is 0.326 e. The fourth-order valence-corrected chi connectivity index (χ4v) is 2.41. The number of aromatic nitrogens is 1. The minimum atomic E-state index is -0.930. The highest BCUT2D eigenvalue weighted by molar-refractivity contribution is 6.00. The lowest BCUT2D eigenvalue weighted by Gasteiger charge is -2.27. The number of fused-ring (bicyclic) bond motifs is 1. The van der Waals surface area contributed by atoms with Gasteiger partial charge in [0.15, 0.2) is 0 Å². The molecule has 1 heterocycles. The van der Waals surface area contributed by atoms with Gasteiger partial charge in [-0.2, -0.15) is 0 Å². The molecular weight excluding hydrogens is 274 g/mol. The molecule has 1 aromatic carbocycles. The summed E-state index contributed by atoms with van der Waals surface area (Å²) in [4.78, 5) is 27.4. The molecule has 0 spiro atoms. The van der Waals surface area contributed by atoms with Crippen LogP contribution in [0.4, 0.5) is 11.4 Å². The fourth-order valence-electron chi connectivity index (χ4n) is 2.41. The van der Waals surface area contributed by atoms with Crippen LogP contribution in [0.15, 0.2) is 30.6 Å². The molecule has 0 saturated carbocycles. The number of benzene rings is 1. The summed E-state index contributed by atoms with van der Waals surface area (Å²) in [6.45, 7) is 1.78. The first-order chi connectivity index (χ1) is 9.97. The summed E-state index contributed by atoms with van der Waals surface area (Å²) in [6.07, 6.45) is 3.38. The van der Waals surface area contributed by atoms with Crippen molar-refractivity contribution < 1.29 is 14.8 Å². The van der Waals surface area contributed by atoms with Crippen molar-refractivity contribution in [3.05, 3.63) is 40.7 Å². The number of nitrogens with zero attached hydrogens (tertiary/aromatic N) is 3. The van der Waals surface area contributed by atoms with E-state index in [1.54, 1.807) is 31.0 Å². The summed E-state index contributed by atoms with van der Waals surface area (Å²) >= 11 is 0. The molecule has 1 unspecified atom stereocenters. The third kappa shape index (κ3) is 2.62. The van der Waals surface area contributed by atoms with Gasteiger partial charge in [-0.05, 0) is 18.6 Å². The van der Waals surface area contributed by atoms with Crippen LogP contribution in [-0.4, -0.2) is 34.1 Å². The Hall–Kier alpha value is -2.70. The van der Waals surface area contributed by atoms with Crippen molar-refractivity contribution in [2.75, 3.05) is 11.9 Å². The van der Waals surface area contributed by atoms with E-state index in [1.165, 1.54) is 18.5 Å². The molecule has 0 aliphatic carbocycles. The number of aliphatic carboxylic acids is 1. The standard InChI is InChI=1S/C14H15N3O4/c1-3-11(14(18)19)16(2)12-4-5-13(17(20)21)10-8-15-7-6-9(10)12/h4-8,11H,3H2,1-2H3,(H,18,19). The lowest BCUT2D eigenvalue weighted by molar-refractivity contribution is -0.383. The molecule has 0 aliphatic rings. The Morgan fingerprint density at radius 2 is 2.14 bits per heavy atom. The summed E-state index contributed by atoms with van der Waals surface area (Å²) in [5.74, 6) is -0.930. The molecular formula is C14H15N3O4. The maximum atomic E-state index is 11.3. The zero-order chi connectivity index (χ0) is 15.6. The number of carboxylic acid groups (broad SMARTS) is 1. The molecule has 2 aromatic rings. The topological polar surface area (TPSA) is 96.6 Å².